The fourth-order valence-corrected chi connectivity index (χ4v) is 2.12. The van der Waals surface area contributed by atoms with Crippen LogP contribution < -0.4 is 5.32 Å². The lowest BCUT2D eigenvalue weighted by Gasteiger charge is -2.37. The number of nitrogens with one attached hydrogen (secondary N) is 1. The van der Waals surface area contributed by atoms with Crippen molar-refractivity contribution in [3.05, 3.63) is 29.8 Å². The van der Waals surface area contributed by atoms with E-state index < -0.39 is 17.9 Å². The molecule has 1 N–H and O–H groups in total. The number of amides is 2. The number of rotatable bonds is 3. The van der Waals surface area contributed by atoms with Crippen molar-refractivity contribution in [1.29, 1.82) is 0 Å². The van der Waals surface area contributed by atoms with Crippen LogP contribution in [0.5, 0.6) is 0 Å². The molecule has 5 nitrogen and oxygen atoms in total. The molecule has 1 aliphatic rings. The molecule has 0 aromatic carbocycles. The van der Waals surface area contributed by atoms with E-state index in [4.69, 9.17) is 0 Å². The predicted octanol–water partition coefficient (Wildman–Crippen LogP) is 0.846. The molecule has 1 fully saturated rings. The van der Waals surface area contributed by atoms with Crippen molar-refractivity contribution >= 4 is 11.8 Å². The molecule has 1 saturated heterocycles. The van der Waals surface area contributed by atoms with Gasteiger partial charge in [0, 0.05) is 12.7 Å². The van der Waals surface area contributed by atoms with E-state index in [-0.39, 0.29) is 18.4 Å². The molecule has 2 amide bonds. The van der Waals surface area contributed by atoms with Crippen molar-refractivity contribution in [2.75, 3.05) is 0 Å². The molecule has 0 saturated carbocycles. The van der Waals surface area contributed by atoms with Gasteiger partial charge in [0.25, 0.3) is 0 Å². The Labute approximate surface area is 110 Å². The average molecular weight is 265 g/mol. The SMILES string of the molecule is CCC1NC(=O)C(C)N(Cc2cncc(F)c2)C1=O. The van der Waals surface area contributed by atoms with E-state index in [0.29, 0.717) is 12.0 Å². The minimum atomic E-state index is -0.557. The molecule has 6 heteroatoms. The zero-order valence-corrected chi connectivity index (χ0v) is 10.9. The molecule has 1 aromatic rings. The zero-order valence-electron chi connectivity index (χ0n) is 10.9. The average Bonchev–Trinajstić information content (AvgIpc) is 2.39. The normalized spacial score (nSPS) is 23.4. The van der Waals surface area contributed by atoms with Gasteiger partial charge in [-0.3, -0.25) is 14.6 Å². The number of carbonyl (C=O) groups is 2. The van der Waals surface area contributed by atoms with E-state index in [1.807, 2.05) is 6.92 Å². The summed E-state index contributed by atoms with van der Waals surface area (Å²) >= 11 is 0. The standard InChI is InChI=1S/C13H16FN3O2/c1-3-11-13(19)17(8(2)12(18)16-11)7-9-4-10(14)6-15-5-9/h4-6,8,11H,3,7H2,1-2H3,(H,16,18). The van der Waals surface area contributed by atoms with E-state index in [0.717, 1.165) is 6.20 Å². The largest absolute Gasteiger partial charge is 0.343 e. The molecular weight excluding hydrogens is 249 g/mol. The summed E-state index contributed by atoms with van der Waals surface area (Å²) in [5.41, 5.74) is 0.574. The summed E-state index contributed by atoms with van der Waals surface area (Å²) in [5, 5.41) is 2.67. The van der Waals surface area contributed by atoms with Gasteiger partial charge in [-0.25, -0.2) is 4.39 Å². The van der Waals surface area contributed by atoms with Gasteiger partial charge in [0.15, 0.2) is 0 Å². The molecule has 19 heavy (non-hydrogen) atoms. The van der Waals surface area contributed by atoms with Crippen LogP contribution in [0.1, 0.15) is 25.8 Å². The molecule has 1 aromatic heterocycles. The third-order valence-electron chi connectivity index (χ3n) is 3.27. The van der Waals surface area contributed by atoms with Crippen LogP contribution in [0.4, 0.5) is 4.39 Å². The molecule has 102 valence electrons. The van der Waals surface area contributed by atoms with Crippen molar-refractivity contribution in [3.8, 4) is 0 Å². The van der Waals surface area contributed by atoms with Crippen molar-refractivity contribution < 1.29 is 14.0 Å². The number of carbonyl (C=O) groups excluding carboxylic acids is 2. The van der Waals surface area contributed by atoms with Crippen LogP contribution in [0.15, 0.2) is 18.5 Å². The van der Waals surface area contributed by atoms with Gasteiger partial charge in [0.1, 0.15) is 17.9 Å². The maximum atomic E-state index is 13.1. The summed E-state index contributed by atoms with van der Waals surface area (Å²) in [6.07, 6.45) is 3.14. The van der Waals surface area contributed by atoms with Gasteiger partial charge >= 0.3 is 0 Å². The van der Waals surface area contributed by atoms with Gasteiger partial charge in [-0.1, -0.05) is 6.92 Å². The number of hydrogen-bond donors (Lipinski definition) is 1. The quantitative estimate of drug-likeness (QED) is 0.881. The number of hydrogen-bond acceptors (Lipinski definition) is 3. The van der Waals surface area contributed by atoms with Crippen LogP contribution in [-0.4, -0.2) is 33.8 Å². The predicted molar refractivity (Wildman–Crippen MR) is 66.4 cm³/mol. The lowest BCUT2D eigenvalue weighted by molar-refractivity contribution is -0.149. The minimum Gasteiger partial charge on any atom is -0.343 e. The van der Waals surface area contributed by atoms with E-state index in [9.17, 15) is 14.0 Å². The lowest BCUT2D eigenvalue weighted by Crippen LogP contribution is -2.61. The first-order valence-corrected chi connectivity index (χ1v) is 6.23. The molecule has 0 bridgehead atoms. The Morgan fingerprint density at radius 3 is 2.79 bits per heavy atom. The Morgan fingerprint density at radius 2 is 2.16 bits per heavy atom. The molecule has 1 aliphatic heterocycles. The second kappa shape index (κ2) is 5.34. The van der Waals surface area contributed by atoms with E-state index >= 15 is 0 Å². The van der Waals surface area contributed by atoms with Crippen LogP contribution in [0.2, 0.25) is 0 Å². The minimum absolute atomic E-state index is 0.140. The first-order chi connectivity index (χ1) is 9.02. The number of piperazine rings is 1. The van der Waals surface area contributed by atoms with Crippen LogP contribution >= 0.6 is 0 Å². The Morgan fingerprint density at radius 1 is 1.42 bits per heavy atom. The second-order valence-corrected chi connectivity index (χ2v) is 4.62. The van der Waals surface area contributed by atoms with Crippen molar-refractivity contribution in [1.82, 2.24) is 15.2 Å². The number of aromatic nitrogens is 1. The number of nitrogens with zero attached hydrogens (tertiary/aromatic N) is 2. The van der Waals surface area contributed by atoms with Crippen LogP contribution in [0.3, 0.4) is 0 Å². The monoisotopic (exact) mass is 265 g/mol. The van der Waals surface area contributed by atoms with Gasteiger partial charge < -0.3 is 10.2 Å². The fraction of sp³-hybridized carbons (Fsp3) is 0.462. The lowest BCUT2D eigenvalue weighted by atomic mass is 10.1. The maximum absolute atomic E-state index is 13.1. The van der Waals surface area contributed by atoms with Gasteiger partial charge in [-0.05, 0) is 25.0 Å². The summed E-state index contributed by atoms with van der Waals surface area (Å²) in [7, 11) is 0. The molecule has 2 atom stereocenters. The van der Waals surface area contributed by atoms with Gasteiger partial charge in [-0.2, -0.15) is 0 Å². The number of halogens is 1. The highest BCUT2D eigenvalue weighted by atomic mass is 19.1. The zero-order chi connectivity index (χ0) is 14.0. The third-order valence-corrected chi connectivity index (χ3v) is 3.27. The molecule has 2 heterocycles. The highest BCUT2D eigenvalue weighted by Gasteiger charge is 2.36. The highest BCUT2D eigenvalue weighted by Crippen LogP contribution is 2.16. The van der Waals surface area contributed by atoms with Crippen LogP contribution in [0.25, 0.3) is 0 Å². The molecule has 0 spiro atoms. The van der Waals surface area contributed by atoms with Gasteiger partial charge in [0.05, 0.1) is 6.20 Å². The summed E-state index contributed by atoms with van der Waals surface area (Å²) in [4.78, 5) is 29.2. The Hall–Kier alpha value is -1.98. The van der Waals surface area contributed by atoms with Crippen molar-refractivity contribution in [2.24, 2.45) is 0 Å². The number of pyridine rings is 1. The van der Waals surface area contributed by atoms with Gasteiger partial charge in [0.2, 0.25) is 11.8 Å². The Balaban J connectivity index is 2.21. The fourth-order valence-electron chi connectivity index (χ4n) is 2.12. The van der Waals surface area contributed by atoms with Crippen LogP contribution in [0, 0.1) is 5.82 Å². The summed E-state index contributed by atoms with van der Waals surface area (Å²) in [6.45, 7) is 3.68. The summed E-state index contributed by atoms with van der Waals surface area (Å²) in [5.74, 6) is -0.777. The van der Waals surface area contributed by atoms with E-state index in [2.05, 4.69) is 10.3 Å². The van der Waals surface area contributed by atoms with E-state index in [1.165, 1.54) is 17.2 Å². The van der Waals surface area contributed by atoms with E-state index in [1.54, 1.807) is 6.92 Å². The summed E-state index contributed by atoms with van der Waals surface area (Å²) < 4.78 is 13.1. The molecule has 2 unspecified atom stereocenters. The molecule has 0 aliphatic carbocycles. The Kier molecular flexibility index (Phi) is 3.78. The van der Waals surface area contributed by atoms with Crippen molar-refractivity contribution in [3.63, 3.8) is 0 Å². The molecular formula is C13H16FN3O2. The topological polar surface area (TPSA) is 62.3 Å². The third kappa shape index (κ3) is 2.72. The molecule has 2 rings (SSSR count). The second-order valence-electron chi connectivity index (χ2n) is 4.62. The summed E-state index contributed by atoms with van der Waals surface area (Å²) in [6, 6.07) is 0.268. The smallest absolute Gasteiger partial charge is 0.246 e. The maximum Gasteiger partial charge on any atom is 0.246 e. The van der Waals surface area contributed by atoms with Gasteiger partial charge in [-0.15, -0.1) is 0 Å². The first kappa shape index (κ1) is 13.5. The van der Waals surface area contributed by atoms with Crippen molar-refractivity contribution in [2.45, 2.75) is 38.9 Å². The highest BCUT2D eigenvalue weighted by molar-refractivity contribution is 5.96. The van der Waals surface area contributed by atoms with Crippen LogP contribution in [-0.2, 0) is 16.1 Å². The Bertz CT molecular complexity index is 506. The molecule has 0 radical (unpaired) electrons. The first-order valence-electron chi connectivity index (χ1n) is 6.23.